The second kappa shape index (κ2) is 5.76. The highest BCUT2D eigenvalue weighted by atomic mass is 16.5. The first-order valence-corrected chi connectivity index (χ1v) is 5.62. The summed E-state index contributed by atoms with van der Waals surface area (Å²) < 4.78 is 5.77. The molecular formula is C13H21NO. The molecule has 0 unspecified atom stereocenters. The van der Waals surface area contributed by atoms with Crippen LogP contribution < -0.4 is 10.5 Å². The Kier molecular flexibility index (Phi) is 4.63. The molecule has 2 nitrogen and oxygen atoms in total. The van der Waals surface area contributed by atoms with Crippen molar-refractivity contribution in [2.75, 3.05) is 13.2 Å². The van der Waals surface area contributed by atoms with Crippen molar-refractivity contribution in [1.82, 2.24) is 0 Å². The fourth-order valence-corrected chi connectivity index (χ4v) is 1.79. The highest BCUT2D eigenvalue weighted by Crippen LogP contribution is 2.25. The molecule has 0 radical (unpaired) electrons. The van der Waals surface area contributed by atoms with Crippen LogP contribution in [0.3, 0.4) is 0 Å². The molecule has 15 heavy (non-hydrogen) atoms. The van der Waals surface area contributed by atoms with E-state index in [4.69, 9.17) is 10.5 Å². The van der Waals surface area contributed by atoms with Crippen LogP contribution in [0.2, 0.25) is 0 Å². The third-order valence-electron chi connectivity index (χ3n) is 2.36. The normalized spacial score (nSPS) is 10.4. The number of aryl methyl sites for hydroxylation is 2. The van der Waals surface area contributed by atoms with E-state index in [-0.39, 0.29) is 0 Å². The highest BCUT2D eigenvalue weighted by molar-refractivity contribution is 5.44. The third-order valence-corrected chi connectivity index (χ3v) is 2.36. The Hall–Kier alpha value is -1.02. The van der Waals surface area contributed by atoms with Crippen LogP contribution in [0.1, 0.15) is 30.0 Å². The maximum Gasteiger partial charge on any atom is 0.125 e. The number of rotatable bonds is 5. The fourth-order valence-electron chi connectivity index (χ4n) is 1.79. The standard InChI is InChI=1S/C13H21NO/c1-4-7-15-13-11(3)8-10(2)9-12(13)5-6-14/h8-9H,4-7,14H2,1-3H3. The molecular weight excluding hydrogens is 186 g/mol. The van der Waals surface area contributed by atoms with Gasteiger partial charge in [-0.1, -0.05) is 24.6 Å². The van der Waals surface area contributed by atoms with E-state index in [2.05, 4.69) is 32.9 Å². The van der Waals surface area contributed by atoms with E-state index in [1.165, 1.54) is 16.7 Å². The monoisotopic (exact) mass is 207 g/mol. The lowest BCUT2D eigenvalue weighted by atomic mass is 10.0. The zero-order valence-electron chi connectivity index (χ0n) is 9.97. The van der Waals surface area contributed by atoms with E-state index in [0.717, 1.165) is 25.2 Å². The van der Waals surface area contributed by atoms with Crippen molar-refractivity contribution < 1.29 is 4.74 Å². The third kappa shape index (κ3) is 3.24. The van der Waals surface area contributed by atoms with Crippen molar-refractivity contribution >= 4 is 0 Å². The summed E-state index contributed by atoms with van der Waals surface area (Å²) in [7, 11) is 0. The number of hydrogen-bond acceptors (Lipinski definition) is 2. The largest absolute Gasteiger partial charge is 0.493 e. The minimum Gasteiger partial charge on any atom is -0.493 e. The molecule has 2 heteroatoms. The van der Waals surface area contributed by atoms with Crippen LogP contribution >= 0.6 is 0 Å². The summed E-state index contributed by atoms with van der Waals surface area (Å²) in [5.74, 6) is 1.04. The molecule has 1 aromatic carbocycles. The molecule has 0 aliphatic carbocycles. The molecule has 0 amide bonds. The van der Waals surface area contributed by atoms with Crippen molar-refractivity contribution in [2.45, 2.75) is 33.6 Å². The summed E-state index contributed by atoms with van der Waals surface area (Å²) in [5, 5.41) is 0. The molecule has 0 atom stereocenters. The first-order valence-electron chi connectivity index (χ1n) is 5.62. The van der Waals surface area contributed by atoms with Crippen LogP contribution in [0.4, 0.5) is 0 Å². The molecule has 2 N–H and O–H groups in total. The number of ether oxygens (including phenoxy) is 1. The quantitative estimate of drug-likeness (QED) is 0.805. The lowest BCUT2D eigenvalue weighted by Gasteiger charge is -2.14. The van der Waals surface area contributed by atoms with Crippen molar-refractivity contribution in [3.8, 4) is 5.75 Å². The molecule has 0 saturated heterocycles. The maximum atomic E-state index is 5.77. The molecule has 1 rings (SSSR count). The SMILES string of the molecule is CCCOc1c(C)cc(C)cc1CCN. The van der Waals surface area contributed by atoms with E-state index in [9.17, 15) is 0 Å². The van der Waals surface area contributed by atoms with Crippen LogP contribution in [0.15, 0.2) is 12.1 Å². The molecule has 0 heterocycles. The van der Waals surface area contributed by atoms with Crippen molar-refractivity contribution in [3.05, 3.63) is 28.8 Å². The van der Waals surface area contributed by atoms with Gasteiger partial charge in [0.2, 0.25) is 0 Å². The summed E-state index contributed by atoms with van der Waals surface area (Å²) in [6.45, 7) is 7.77. The zero-order valence-corrected chi connectivity index (χ0v) is 9.97. The van der Waals surface area contributed by atoms with Crippen LogP contribution in [0.5, 0.6) is 5.75 Å². The van der Waals surface area contributed by atoms with Gasteiger partial charge in [-0.2, -0.15) is 0 Å². The van der Waals surface area contributed by atoms with Gasteiger partial charge in [0, 0.05) is 0 Å². The Morgan fingerprint density at radius 3 is 2.60 bits per heavy atom. The summed E-state index contributed by atoms with van der Waals surface area (Å²) in [6.07, 6.45) is 1.93. The number of hydrogen-bond donors (Lipinski definition) is 1. The summed E-state index contributed by atoms with van der Waals surface area (Å²) in [6, 6.07) is 4.33. The molecule has 0 aromatic heterocycles. The van der Waals surface area contributed by atoms with Gasteiger partial charge in [-0.3, -0.25) is 0 Å². The van der Waals surface area contributed by atoms with Crippen LogP contribution in [0, 0.1) is 13.8 Å². The first-order chi connectivity index (χ1) is 7.19. The maximum absolute atomic E-state index is 5.77. The number of nitrogens with two attached hydrogens (primary N) is 1. The Morgan fingerprint density at radius 2 is 2.00 bits per heavy atom. The van der Waals surface area contributed by atoms with E-state index in [1.54, 1.807) is 0 Å². The van der Waals surface area contributed by atoms with Gasteiger partial charge in [0.1, 0.15) is 5.75 Å². The van der Waals surface area contributed by atoms with Gasteiger partial charge >= 0.3 is 0 Å². The number of benzene rings is 1. The Bertz CT molecular complexity index is 321. The van der Waals surface area contributed by atoms with E-state index >= 15 is 0 Å². The smallest absolute Gasteiger partial charge is 0.125 e. The van der Waals surface area contributed by atoms with Crippen molar-refractivity contribution in [1.29, 1.82) is 0 Å². The Labute approximate surface area is 92.4 Å². The lowest BCUT2D eigenvalue weighted by molar-refractivity contribution is 0.312. The van der Waals surface area contributed by atoms with Gasteiger partial charge in [-0.05, 0) is 44.4 Å². The van der Waals surface area contributed by atoms with Gasteiger partial charge in [0.25, 0.3) is 0 Å². The molecule has 0 fully saturated rings. The molecule has 0 aliphatic heterocycles. The Balaban J connectivity index is 2.97. The molecule has 1 aromatic rings. The van der Waals surface area contributed by atoms with E-state index < -0.39 is 0 Å². The van der Waals surface area contributed by atoms with Crippen LogP contribution in [0.25, 0.3) is 0 Å². The molecule has 0 saturated carbocycles. The predicted molar refractivity (Wildman–Crippen MR) is 64.5 cm³/mol. The fraction of sp³-hybridized carbons (Fsp3) is 0.538. The first kappa shape index (κ1) is 12.1. The van der Waals surface area contributed by atoms with Crippen LogP contribution in [-0.4, -0.2) is 13.2 Å². The topological polar surface area (TPSA) is 35.2 Å². The predicted octanol–water partition coefficient (Wildman–Crippen LogP) is 2.59. The van der Waals surface area contributed by atoms with Crippen LogP contribution in [-0.2, 0) is 6.42 Å². The minimum absolute atomic E-state index is 0.672. The average Bonchev–Trinajstić information content (AvgIpc) is 2.17. The van der Waals surface area contributed by atoms with Gasteiger partial charge in [0.05, 0.1) is 6.61 Å². The summed E-state index contributed by atoms with van der Waals surface area (Å²) in [5.41, 5.74) is 9.33. The highest BCUT2D eigenvalue weighted by Gasteiger charge is 2.07. The molecule has 84 valence electrons. The molecule has 0 aliphatic rings. The summed E-state index contributed by atoms with van der Waals surface area (Å²) >= 11 is 0. The van der Waals surface area contributed by atoms with E-state index in [0.29, 0.717) is 6.54 Å². The van der Waals surface area contributed by atoms with Crippen molar-refractivity contribution in [3.63, 3.8) is 0 Å². The second-order valence-corrected chi connectivity index (χ2v) is 3.96. The van der Waals surface area contributed by atoms with E-state index in [1.807, 2.05) is 0 Å². The minimum atomic E-state index is 0.672. The summed E-state index contributed by atoms with van der Waals surface area (Å²) in [4.78, 5) is 0. The molecule has 0 spiro atoms. The lowest BCUT2D eigenvalue weighted by Crippen LogP contribution is -2.07. The van der Waals surface area contributed by atoms with Crippen molar-refractivity contribution in [2.24, 2.45) is 5.73 Å². The Morgan fingerprint density at radius 1 is 1.27 bits per heavy atom. The van der Waals surface area contributed by atoms with Gasteiger partial charge in [0.15, 0.2) is 0 Å². The molecule has 0 bridgehead atoms. The second-order valence-electron chi connectivity index (χ2n) is 3.96. The van der Waals surface area contributed by atoms with Gasteiger partial charge in [-0.25, -0.2) is 0 Å². The van der Waals surface area contributed by atoms with Gasteiger partial charge in [-0.15, -0.1) is 0 Å². The average molecular weight is 207 g/mol. The zero-order chi connectivity index (χ0) is 11.3. The van der Waals surface area contributed by atoms with Gasteiger partial charge < -0.3 is 10.5 Å².